The number of carbonyl (C=O) groups excluding carboxylic acids is 4. The normalized spacial score (nSPS) is 30.1. The van der Waals surface area contributed by atoms with Gasteiger partial charge in [0, 0.05) is 41.9 Å². The minimum Gasteiger partial charge on any atom is -0.463 e. The number of cyclic esters (lactones) is 1. The molecule has 3 amide bonds. The van der Waals surface area contributed by atoms with Crippen LogP contribution in [0.1, 0.15) is 45.2 Å². The molecule has 1 spiro atoms. The number of hydrogen-bond donors (Lipinski definition) is 2. The third kappa shape index (κ3) is 6.30. The molecule has 0 radical (unpaired) electrons. The van der Waals surface area contributed by atoms with Crippen molar-refractivity contribution >= 4 is 51.0 Å². The quantitative estimate of drug-likeness (QED) is 0.324. The van der Waals surface area contributed by atoms with Crippen LogP contribution in [0.5, 0.6) is 0 Å². The summed E-state index contributed by atoms with van der Waals surface area (Å²) in [7, 11) is 0. The van der Waals surface area contributed by atoms with Crippen molar-refractivity contribution in [3.8, 4) is 0 Å². The van der Waals surface area contributed by atoms with Crippen LogP contribution in [0.3, 0.4) is 0 Å². The fourth-order valence-corrected chi connectivity index (χ4v) is 8.36. The first kappa shape index (κ1) is 34.8. The molecule has 0 unspecified atom stereocenters. The van der Waals surface area contributed by atoms with Crippen molar-refractivity contribution in [1.29, 1.82) is 0 Å². The fraction of sp³-hybridized carbons (Fsp3) is 0.459. The maximum absolute atomic E-state index is 15.0. The lowest BCUT2D eigenvalue weighted by atomic mass is 9.74. The SMILES string of the molecule is CCN(CC)c1ccc(N2C/C=C\CCC(=O)OC[C@H](c3ccccc3)NC(=O)[C@H]3[C@@H]4O[C@@]5(C=C4Br)[C@@H]3C(=O)N([C@H](C)CO)[C@@H]5C2=O)cc1. The summed E-state index contributed by atoms with van der Waals surface area (Å²) in [6.07, 6.45) is 5.12. The molecule has 6 rings (SSSR count). The van der Waals surface area contributed by atoms with Crippen LogP contribution in [0.2, 0.25) is 0 Å². The van der Waals surface area contributed by atoms with Crippen molar-refractivity contribution in [2.45, 2.75) is 63.4 Å². The second-order valence-electron chi connectivity index (χ2n) is 12.9. The average molecular weight is 736 g/mol. The van der Waals surface area contributed by atoms with E-state index in [2.05, 4.69) is 40.0 Å². The zero-order valence-corrected chi connectivity index (χ0v) is 29.5. The van der Waals surface area contributed by atoms with Crippen LogP contribution in [0.4, 0.5) is 11.4 Å². The monoisotopic (exact) mass is 734 g/mol. The number of esters is 1. The third-order valence-electron chi connectivity index (χ3n) is 10.1. The van der Waals surface area contributed by atoms with Gasteiger partial charge in [-0.25, -0.2) is 0 Å². The summed E-state index contributed by atoms with van der Waals surface area (Å²) in [4.78, 5) is 61.8. The van der Waals surface area contributed by atoms with Gasteiger partial charge in [-0.2, -0.15) is 0 Å². The molecule has 4 aliphatic rings. The van der Waals surface area contributed by atoms with Crippen molar-refractivity contribution in [2.24, 2.45) is 11.8 Å². The molecule has 2 saturated heterocycles. The van der Waals surface area contributed by atoms with Gasteiger partial charge in [-0.05, 0) is 63.1 Å². The Morgan fingerprint density at radius 2 is 1.73 bits per heavy atom. The van der Waals surface area contributed by atoms with E-state index in [0.29, 0.717) is 16.6 Å². The molecule has 2 fully saturated rings. The van der Waals surface area contributed by atoms with E-state index in [4.69, 9.17) is 9.47 Å². The fourth-order valence-electron chi connectivity index (χ4n) is 7.62. The number of ether oxygens (including phenoxy) is 2. The molecule has 5 bridgehead atoms. The van der Waals surface area contributed by atoms with Gasteiger partial charge in [0.2, 0.25) is 11.8 Å². The number of likely N-dealkylation sites (tertiary alicyclic amines) is 1. The highest BCUT2D eigenvalue weighted by Crippen LogP contribution is 2.59. The number of carbonyl (C=O) groups is 4. The topological polar surface area (TPSA) is 129 Å². The predicted octanol–water partition coefficient (Wildman–Crippen LogP) is 3.87. The molecule has 2 N–H and O–H groups in total. The molecule has 11 nitrogen and oxygen atoms in total. The smallest absolute Gasteiger partial charge is 0.306 e. The summed E-state index contributed by atoms with van der Waals surface area (Å²) >= 11 is 3.60. The second kappa shape index (κ2) is 14.5. The van der Waals surface area contributed by atoms with Crippen LogP contribution >= 0.6 is 15.9 Å². The Kier molecular flexibility index (Phi) is 10.3. The standard InChI is InChI=1S/C37H43BrN4O7/c1-4-40(5-2)25-15-17-26(18-16-25)41-19-11-7-10-14-29(44)48-22-28(24-12-8-6-9-13-24)39-34(45)30-31-35(46)42(23(3)21-43)33(36(41)47)37(31)20-27(38)32(30)49-37/h6-9,11-13,15-18,20,23,28,30-33,43H,4-5,10,14,19,21-22H2,1-3H3,(H,39,45)/b11-7-/t23-,28-,30-,31+,32-,33-,37+/m1/s1. The van der Waals surface area contributed by atoms with Gasteiger partial charge in [-0.15, -0.1) is 0 Å². The van der Waals surface area contributed by atoms with Crippen LogP contribution < -0.4 is 15.1 Å². The molecule has 0 saturated carbocycles. The number of allylic oxidation sites excluding steroid dienone is 1. The summed E-state index contributed by atoms with van der Waals surface area (Å²) in [5.41, 5.74) is 0.897. The largest absolute Gasteiger partial charge is 0.463 e. The minimum atomic E-state index is -1.46. The molecule has 49 heavy (non-hydrogen) atoms. The summed E-state index contributed by atoms with van der Waals surface area (Å²) in [6, 6.07) is 14.3. The highest BCUT2D eigenvalue weighted by Gasteiger charge is 2.75. The van der Waals surface area contributed by atoms with Gasteiger partial charge in [0.15, 0.2) is 0 Å². The van der Waals surface area contributed by atoms with E-state index in [9.17, 15) is 19.5 Å². The molecule has 0 aliphatic carbocycles. The van der Waals surface area contributed by atoms with E-state index in [0.717, 1.165) is 24.3 Å². The van der Waals surface area contributed by atoms with Crippen molar-refractivity contribution < 1.29 is 33.8 Å². The number of aliphatic hydroxyl groups is 1. The van der Waals surface area contributed by atoms with E-state index in [1.807, 2.05) is 66.7 Å². The molecule has 12 heteroatoms. The Morgan fingerprint density at radius 1 is 1.02 bits per heavy atom. The van der Waals surface area contributed by atoms with Crippen molar-refractivity contribution in [3.05, 3.63) is 82.9 Å². The number of halogens is 1. The van der Waals surface area contributed by atoms with E-state index in [1.54, 1.807) is 17.9 Å². The Bertz CT molecular complexity index is 1630. The lowest BCUT2D eigenvalue weighted by molar-refractivity contribution is -0.146. The van der Waals surface area contributed by atoms with Crippen LogP contribution in [0, 0.1) is 11.8 Å². The number of fused-ring (bicyclic) bond motifs is 2. The Morgan fingerprint density at radius 3 is 2.41 bits per heavy atom. The van der Waals surface area contributed by atoms with Crippen LogP contribution in [0.15, 0.2) is 77.3 Å². The van der Waals surface area contributed by atoms with Gasteiger partial charge < -0.3 is 34.6 Å². The van der Waals surface area contributed by atoms with Crippen molar-refractivity contribution in [3.63, 3.8) is 0 Å². The van der Waals surface area contributed by atoms with Crippen LogP contribution in [-0.2, 0) is 28.7 Å². The maximum Gasteiger partial charge on any atom is 0.306 e. The molecular weight excluding hydrogens is 692 g/mol. The van der Waals surface area contributed by atoms with E-state index in [1.165, 1.54) is 4.90 Å². The Labute approximate surface area is 295 Å². The van der Waals surface area contributed by atoms with Crippen molar-refractivity contribution in [1.82, 2.24) is 10.2 Å². The summed E-state index contributed by atoms with van der Waals surface area (Å²) in [5, 5.41) is 13.4. The molecule has 0 aromatic heterocycles. The number of benzene rings is 2. The highest BCUT2D eigenvalue weighted by atomic mass is 79.9. The van der Waals surface area contributed by atoms with Crippen molar-refractivity contribution in [2.75, 3.05) is 42.6 Å². The number of anilines is 2. The zero-order valence-electron chi connectivity index (χ0n) is 28.0. The van der Waals surface area contributed by atoms with Crippen LogP contribution in [-0.4, -0.2) is 90.3 Å². The molecule has 2 aromatic carbocycles. The molecule has 4 heterocycles. The molecule has 260 valence electrons. The number of aliphatic hydroxyl groups excluding tert-OH is 1. The first-order valence-corrected chi connectivity index (χ1v) is 17.8. The van der Waals surface area contributed by atoms with Gasteiger partial charge in [-0.1, -0.05) is 58.4 Å². The van der Waals surface area contributed by atoms with Gasteiger partial charge in [0.1, 0.15) is 24.4 Å². The molecule has 2 aromatic rings. The predicted molar refractivity (Wildman–Crippen MR) is 188 cm³/mol. The van der Waals surface area contributed by atoms with E-state index in [-0.39, 0.29) is 26.2 Å². The van der Waals surface area contributed by atoms with E-state index >= 15 is 4.79 Å². The van der Waals surface area contributed by atoms with Gasteiger partial charge in [-0.3, -0.25) is 19.2 Å². The molecular formula is C37H43BrN4O7. The zero-order chi connectivity index (χ0) is 34.9. The lowest BCUT2D eigenvalue weighted by Crippen LogP contribution is -2.58. The summed E-state index contributed by atoms with van der Waals surface area (Å²) in [6.45, 7) is 7.17. The first-order chi connectivity index (χ1) is 23.6. The number of nitrogens with zero attached hydrogens (tertiary/aromatic N) is 3. The minimum absolute atomic E-state index is 0.0939. The molecule has 4 aliphatic heterocycles. The summed E-state index contributed by atoms with van der Waals surface area (Å²) in [5.74, 6) is -3.73. The molecule has 7 atom stereocenters. The number of nitrogens with one attached hydrogen (secondary N) is 1. The third-order valence-corrected chi connectivity index (χ3v) is 10.8. The lowest BCUT2D eigenvalue weighted by Gasteiger charge is -2.37. The second-order valence-corrected chi connectivity index (χ2v) is 13.8. The van der Waals surface area contributed by atoms with Gasteiger partial charge in [0.05, 0.1) is 30.5 Å². The van der Waals surface area contributed by atoms with Gasteiger partial charge in [0.25, 0.3) is 5.91 Å². The Balaban J connectivity index is 1.44. The highest BCUT2D eigenvalue weighted by molar-refractivity contribution is 9.11. The average Bonchev–Trinajstić information content (AvgIpc) is 3.71. The first-order valence-electron chi connectivity index (χ1n) is 17.0. The number of amides is 3. The maximum atomic E-state index is 15.0. The van der Waals surface area contributed by atoms with Crippen LogP contribution in [0.25, 0.3) is 0 Å². The number of hydrogen-bond acceptors (Lipinski definition) is 8. The van der Waals surface area contributed by atoms with Gasteiger partial charge >= 0.3 is 5.97 Å². The van der Waals surface area contributed by atoms with E-state index < -0.39 is 65.4 Å². The number of rotatable bonds is 7. The Hall–Kier alpha value is -4.00. The summed E-state index contributed by atoms with van der Waals surface area (Å²) < 4.78 is 12.8.